The van der Waals surface area contributed by atoms with Gasteiger partial charge in [0, 0.05) is 18.8 Å². The van der Waals surface area contributed by atoms with Crippen molar-refractivity contribution in [2.75, 3.05) is 7.05 Å². The average molecular weight is 212 g/mol. The molecule has 3 nitrogen and oxygen atoms in total. The molecule has 0 aliphatic heterocycles. The van der Waals surface area contributed by atoms with Crippen LogP contribution in [0.25, 0.3) is 11.3 Å². The maximum atomic E-state index is 7.66. The lowest BCUT2D eigenvalue weighted by molar-refractivity contribution is 0.908. The van der Waals surface area contributed by atoms with Crippen molar-refractivity contribution in [3.8, 4) is 11.3 Å². The van der Waals surface area contributed by atoms with Gasteiger partial charge in [-0.05, 0) is 17.7 Å². The van der Waals surface area contributed by atoms with E-state index in [0.29, 0.717) is 0 Å². The number of pyridine rings is 1. The summed E-state index contributed by atoms with van der Waals surface area (Å²) in [5.74, 6) is 0. The lowest BCUT2D eigenvalue weighted by atomic mass is 10.1. The SMILES string of the molecule is [2H]/C(=N\NC)c1ccc(-c2ccccn2)cc1. The van der Waals surface area contributed by atoms with E-state index in [4.69, 9.17) is 1.37 Å². The Labute approximate surface area is 96.3 Å². The summed E-state index contributed by atoms with van der Waals surface area (Å²) in [6, 6.07) is 13.4. The second-order valence-corrected chi connectivity index (χ2v) is 3.24. The minimum atomic E-state index is 0.222. The molecule has 0 unspecified atom stereocenters. The van der Waals surface area contributed by atoms with Crippen molar-refractivity contribution in [3.05, 3.63) is 54.2 Å². The topological polar surface area (TPSA) is 37.3 Å². The molecule has 0 radical (unpaired) electrons. The van der Waals surface area contributed by atoms with Gasteiger partial charge in [0.05, 0.1) is 13.3 Å². The molecule has 0 aliphatic rings. The number of nitrogens with one attached hydrogen (secondary N) is 1. The van der Waals surface area contributed by atoms with Crippen molar-refractivity contribution < 1.29 is 1.37 Å². The van der Waals surface area contributed by atoms with E-state index in [2.05, 4.69) is 15.5 Å². The second kappa shape index (κ2) is 5.07. The molecule has 0 saturated carbocycles. The second-order valence-electron chi connectivity index (χ2n) is 3.24. The van der Waals surface area contributed by atoms with Crippen LogP contribution in [0.15, 0.2) is 53.8 Å². The molecule has 1 aromatic carbocycles. The molecular weight excluding hydrogens is 198 g/mol. The summed E-state index contributed by atoms with van der Waals surface area (Å²) < 4.78 is 7.66. The van der Waals surface area contributed by atoms with Crippen molar-refractivity contribution >= 4 is 6.19 Å². The van der Waals surface area contributed by atoms with Crippen molar-refractivity contribution in [3.63, 3.8) is 0 Å². The van der Waals surface area contributed by atoms with E-state index >= 15 is 0 Å². The summed E-state index contributed by atoms with van der Waals surface area (Å²) in [7, 11) is 1.68. The fourth-order valence-electron chi connectivity index (χ4n) is 1.37. The summed E-state index contributed by atoms with van der Waals surface area (Å²) in [6.45, 7) is 0. The quantitative estimate of drug-likeness (QED) is 0.626. The van der Waals surface area contributed by atoms with Gasteiger partial charge in [-0.1, -0.05) is 30.3 Å². The van der Waals surface area contributed by atoms with Crippen LogP contribution < -0.4 is 5.43 Å². The average Bonchev–Trinajstić information content (AvgIpc) is 2.40. The van der Waals surface area contributed by atoms with Gasteiger partial charge in [0.25, 0.3) is 0 Å². The van der Waals surface area contributed by atoms with Crippen LogP contribution >= 0.6 is 0 Å². The summed E-state index contributed by atoms with van der Waals surface area (Å²) in [5, 5.41) is 3.81. The van der Waals surface area contributed by atoms with Gasteiger partial charge in [0.1, 0.15) is 0 Å². The molecular formula is C13H13N3. The number of hydrogen-bond donors (Lipinski definition) is 1. The predicted octanol–water partition coefficient (Wildman–Crippen LogP) is 2.30. The van der Waals surface area contributed by atoms with Crippen LogP contribution in [0.2, 0.25) is 0 Å². The predicted molar refractivity (Wildman–Crippen MR) is 66.3 cm³/mol. The van der Waals surface area contributed by atoms with E-state index in [1.165, 1.54) is 0 Å². The van der Waals surface area contributed by atoms with E-state index in [0.717, 1.165) is 16.8 Å². The number of hydrogen-bond acceptors (Lipinski definition) is 3. The van der Waals surface area contributed by atoms with Gasteiger partial charge in [0.2, 0.25) is 0 Å². The highest BCUT2D eigenvalue weighted by molar-refractivity contribution is 5.80. The molecule has 16 heavy (non-hydrogen) atoms. The first-order chi connectivity index (χ1) is 8.31. The van der Waals surface area contributed by atoms with Crippen LogP contribution in [0.1, 0.15) is 6.93 Å². The van der Waals surface area contributed by atoms with E-state index < -0.39 is 0 Å². The smallest absolute Gasteiger partial charge is 0.0865 e. The van der Waals surface area contributed by atoms with Crippen molar-refractivity contribution in [1.29, 1.82) is 0 Å². The van der Waals surface area contributed by atoms with Gasteiger partial charge in [-0.3, -0.25) is 4.98 Å². The van der Waals surface area contributed by atoms with Crippen LogP contribution in [0, 0.1) is 0 Å². The first-order valence-electron chi connectivity index (χ1n) is 5.54. The van der Waals surface area contributed by atoms with E-state index in [1.807, 2.05) is 42.5 Å². The van der Waals surface area contributed by atoms with Crippen LogP contribution in [0.3, 0.4) is 0 Å². The van der Waals surface area contributed by atoms with E-state index in [-0.39, 0.29) is 6.19 Å². The zero-order valence-electron chi connectivity index (χ0n) is 10.0. The third kappa shape index (κ3) is 2.45. The maximum Gasteiger partial charge on any atom is 0.0865 e. The minimum Gasteiger partial charge on any atom is -0.313 e. The Morgan fingerprint density at radius 3 is 2.69 bits per heavy atom. The Morgan fingerprint density at radius 2 is 2.06 bits per heavy atom. The van der Waals surface area contributed by atoms with Gasteiger partial charge in [-0.25, -0.2) is 0 Å². The molecule has 2 rings (SSSR count). The minimum absolute atomic E-state index is 0.222. The maximum absolute atomic E-state index is 7.66. The third-order valence-corrected chi connectivity index (χ3v) is 2.14. The lowest BCUT2D eigenvalue weighted by Gasteiger charge is -2.00. The third-order valence-electron chi connectivity index (χ3n) is 2.14. The summed E-state index contributed by atoms with van der Waals surface area (Å²) in [6.07, 6.45) is 1.99. The Balaban J connectivity index is 2.28. The number of aromatic nitrogens is 1. The molecule has 1 heterocycles. The van der Waals surface area contributed by atoms with Gasteiger partial charge < -0.3 is 5.43 Å². The lowest BCUT2D eigenvalue weighted by Crippen LogP contribution is -1.94. The van der Waals surface area contributed by atoms with E-state index in [1.54, 1.807) is 13.2 Å². The molecule has 0 bridgehead atoms. The highest BCUT2D eigenvalue weighted by Crippen LogP contribution is 2.15. The molecule has 0 amide bonds. The summed E-state index contributed by atoms with van der Waals surface area (Å²) >= 11 is 0. The first kappa shape index (κ1) is 9.09. The Bertz CT molecular complexity index is 506. The fraction of sp³-hybridized carbons (Fsp3) is 0.0769. The number of nitrogens with zero attached hydrogens (tertiary/aromatic N) is 2. The summed E-state index contributed by atoms with van der Waals surface area (Å²) in [5.41, 5.74) is 5.34. The first-order valence-corrected chi connectivity index (χ1v) is 5.04. The standard InChI is InChI=1S/C13H13N3/c1-14-16-10-11-5-7-12(8-6-11)13-4-2-3-9-15-13/h2-10,14H,1H3/b16-10+/i10D. The molecule has 2 aromatic rings. The Hall–Kier alpha value is -2.16. The molecule has 1 aromatic heterocycles. The Morgan fingerprint density at radius 1 is 1.25 bits per heavy atom. The van der Waals surface area contributed by atoms with Crippen molar-refractivity contribution in [2.45, 2.75) is 0 Å². The fourth-order valence-corrected chi connectivity index (χ4v) is 1.37. The molecule has 0 aliphatic carbocycles. The zero-order chi connectivity index (χ0) is 12.1. The van der Waals surface area contributed by atoms with Crippen LogP contribution in [0.4, 0.5) is 0 Å². The van der Waals surface area contributed by atoms with Crippen LogP contribution in [0.5, 0.6) is 0 Å². The molecule has 0 saturated heterocycles. The Kier molecular flexibility index (Phi) is 2.88. The molecule has 0 atom stereocenters. The number of hydrazone groups is 1. The van der Waals surface area contributed by atoms with E-state index in [9.17, 15) is 0 Å². The normalized spacial score (nSPS) is 12.1. The van der Waals surface area contributed by atoms with Gasteiger partial charge in [-0.2, -0.15) is 5.10 Å². The highest BCUT2D eigenvalue weighted by atomic mass is 15.3. The molecule has 3 heteroatoms. The van der Waals surface area contributed by atoms with Crippen molar-refractivity contribution in [1.82, 2.24) is 10.4 Å². The molecule has 0 spiro atoms. The molecule has 80 valence electrons. The van der Waals surface area contributed by atoms with Crippen molar-refractivity contribution in [2.24, 2.45) is 5.10 Å². The number of benzene rings is 1. The zero-order valence-corrected chi connectivity index (χ0v) is 9.01. The molecule has 1 N–H and O–H groups in total. The van der Waals surface area contributed by atoms with Crippen LogP contribution in [-0.2, 0) is 0 Å². The van der Waals surface area contributed by atoms with Gasteiger partial charge >= 0.3 is 0 Å². The van der Waals surface area contributed by atoms with Gasteiger partial charge in [0.15, 0.2) is 0 Å². The van der Waals surface area contributed by atoms with Crippen LogP contribution in [-0.4, -0.2) is 18.2 Å². The molecule has 0 fully saturated rings. The number of rotatable bonds is 3. The largest absolute Gasteiger partial charge is 0.313 e. The summed E-state index contributed by atoms with van der Waals surface area (Å²) in [4.78, 5) is 4.27. The monoisotopic (exact) mass is 212 g/mol. The highest BCUT2D eigenvalue weighted by Gasteiger charge is 1.96. The van der Waals surface area contributed by atoms with Gasteiger partial charge in [-0.15, -0.1) is 0 Å².